The van der Waals surface area contributed by atoms with E-state index in [9.17, 15) is 0 Å². The SMILES string of the molecule is CCN(CC1CCCC1)C1CCCCC1. The standard InChI is InChI=1S/C14H27N/c1-2-15(12-13-8-6-7-9-13)14-10-4-3-5-11-14/h13-14H,2-12H2,1H3. The highest BCUT2D eigenvalue weighted by atomic mass is 15.1. The van der Waals surface area contributed by atoms with Crippen molar-refractivity contribution in [3.8, 4) is 0 Å². The number of hydrogen-bond acceptors (Lipinski definition) is 1. The molecule has 2 saturated carbocycles. The topological polar surface area (TPSA) is 3.24 Å². The van der Waals surface area contributed by atoms with Crippen LogP contribution in [0.3, 0.4) is 0 Å². The van der Waals surface area contributed by atoms with Crippen molar-refractivity contribution in [2.45, 2.75) is 70.8 Å². The molecule has 0 saturated heterocycles. The Balaban J connectivity index is 1.79. The minimum atomic E-state index is 0.935. The lowest BCUT2D eigenvalue weighted by Gasteiger charge is -2.35. The van der Waals surface area contributed by atoms with Crippen LogP contribution in [0.4, 0.5) is 0 Å². The fraction of sp³-hybridized carbons (Fsp3) is 1.00. The summed E-state index contributed by atoms with van der Waals surface area (Å²) in [5, 5.41) is 0. The molecule has 0 radical (unpaired) electrons. The summed E-state index contributed by atoms with van der Waals surface area (Å²) >= 11 is 0. The van der Waals surface area contributed by atoms with Gasteiger partial charge in [-0.05, 0) is 38.1 Å². The Bertz CT molecular complexity index is 166. The Kier molecular flexibility index (Phi) is 4.49. The van der Waals surface area contributed by atoms with Crippen LogP contribution in [0, 0.1) is 5.92 Å². The second kappa shape index (κ2) is 5.89. The van der Waals surface area contributed by atoms with E-state index >= 15 is 0 Å². The van der Waals surface area contributed by atoms with Gasteiger partial charge in [0.2, 0.25) is 0 Å². The van der Waals surface area contributed by atoms with Gasteiger partial charge in [0, 0.05) is 12.6 Å². The molecule has 0 spiro atoms. The van der Waals surface area contributed by atoms with Gasteiger partial charge in [0.15, 0.2) is 0 Å². The first-order chi connectivity index (χ1) is 7.40. The molecule has 15 heavy (non-hydrogen) atoms. The lowest BCUT2D eigenvalue weighted by atomic mass is 9.93. The van der Waals surface area contributed by atoms with E-state index in [2.05, 4.69) is 11.8 Å². The number of nitrogens with zero attached hydrogens (tertiary/aromatic N) is 1. The molecule has 0 aromatic heterocycles. The van der Waals surface area contributed by atoms with Crippen molar-refractivity contribution in [2.75, 3.05) is 13.1 Å². The van der Waals surface area contributed by atoms with Gasteiger partial charge < -0.3 is 4.90 Å². The molecule has 0 bridgehead atoms. The summed E-state index contributed by atoms with van der Waals surface area (Å²) < 4.78 is 0. The van der Waals surface area contributed by atoms with Gasteiger partial charge >= 0.3 is 0 Å². The van der Waals surface area contributed by atoms with Crippen molar-refractivity contribution in [2.24, 2.45) is 5.92 Å². The molecule has 2 aliphatic rings. The summed E-state index contributed by atoms with van der Waals surface area (Å²) in [4.78, 5) is 2.79. The average molecular weight is 209 g/mol. The lowest BCUT2D eigenvalue weighted by Crippen LogP contribution is -2.39. The molecule has 0 N–H and O–H groups in total. The van der Waals surface area contributed by atoms with E-state index in [1.165, 1.54) is 70.9 Å². The largest absolute Gasteiger partial charge is 0.300 e. The molecule has 0 unspecified atom stereocenters. The monoisotopic (exact) mass is 209 g/mol. The highest BCUT2D eigenvalue weighted by Crippen LogP contribution is 2.28. The summed E-state index contributed by atoms with van der Waals surface area (Å²) in [6.45, 7) is 5.03. The fourth-order valence-electron chi connectivity index (χ4n) is 3.51. The van der Waals surface area contributed by atoms with Gasteiger partial charge in [-0.15, -0.1) is 0 Å². The van der Waals surface area contributed by atoms with E-state index in [1.807, 2.05) is 0 Å². The van der Waals surface area contributed by atoms with E-state index in [0.29, 0.717) is 0 Å². The van der Waals surface area contributed by atoms with Gasteiger partial charge in [-0.3, -0.25) is 0 Å². The first-order valence-electron chi connectivity index (χ1n) is 7.14. The van der Waals surface area contributed by atoms with Crippen LogP contribution < -0.4 is 0 Å². The van der Waals surface area contributed by atoms with E-state index in [4.69, 9.17) is 0 Å². The molecule has 2 rings (SSSR count). The summed E-state index contributed by atoms with van der Waals surface area (Å²) in [6.07, 6.45) is 13.4. The van der Waals surface area contributed by atoms with Crippen molar-refractivity contribution in [1.82, 2.24) is 4.90 Å². The first-order valence-corrected chi connectivity index (χ1v) is 7.14. The van der Waals surface area contributed by atoms with Gasteiger partial charge in [0.1, 0.15) is 0 Å². The van der Waals surface area contributed by atoms with Gasteiger partial charge in [0.05, 0.1) is 0 Å². The van der Waals surface area contributed by atoms with Crippen molar-refractivity contribution in [3.63, 3.8) is 0 Å². The predicted octanol–water partition coefficient (Wildman–Crippen LogP) is 3.83. The second-order valence-corrected chi connectivity index (χ2v) is 5.53. The third-order valence-corrected chi connectivity index (χ3v) is 4.46. The molecule has 2 fully saturated rings. The highest BCUT2D eigenvalue weighted by molar-refractivity contribution is 4.79. The van der Waals surface area contributed by atoms with E-state index in [1.54, 1.807) is 0 Å². The Morgan fingerprint density at radius 2 is 1.47 bits per heavy atom. The molecule has 1 nitrogen and oxygen atoms in total. The summed E-state index contributed by atoms with van der Waals surface area (Å²) in [5.74, 6) is 1.03. The molecule has 88 valence electrons. The van der Waals surface area contributed by atoms with Crippen LogP contribution in [0.2, 0.25) is 0 Å². The third-order valence-electron chi connectivity index (χ3n) is 4.46. The van der Waals surface area contributed by atoms with Gasteiger partial charge in [-0.1, -0.05) is 39.0 Å². The average Bonchev–Trinajstić information content (AvgIpc) is 2.80. The number of rotatable bonds is 4. The van der Waals surface area contributed by atoms with Gasteiger partial charge in [-0.2, -0.15) is 0 Å². The van der Waals surface area contributed by atoms with E-state index in [0.717, 1.165) is 12.0 Å². The zero-order valence-electron chi connectivity index (χ0n) is 10.4. The van der Waals surface area contributed by atoms with Gasteiger partial charge in [-0.25, -0.2) is 0 Å². The molecule has 0 aromatic rings. The van der Waals surface area contributed by atoms with Crippen molar-refractivity contribution in [1.29, 1.82) is 0 Å². The van der Waals surface area contributed by atoms with Crippen LogP contribution in [-0.4, -0.2) is 24.0 Å². The summed E-state index contributed by atoms with van der Waals surface area (Å²) in [6, 6.07) is 0.935. The first kappa shape index (κ1) is 11.4. The zero-order chi connectivity index (χ0) is 10.5. The molecule has 0 amide bonds. The lowest BCUT2D eigenvalue weighted by molar-refractivity contribution is 0.141. The molecule has 0 atom stereocenters. The zero-order valence-corrected chi connectivity index (χ0v) is 10.4. The molecule has 0 aliphatic heterocycles. The Labute approximate surface area is 95.2 Å². The van der Waals surface area contributed by atoms with E-state index < -0.39 is 0 Å². The molecular weight excluding hydrogens is 182 g/mol. The minimum Gasteiger partial charge on any atom is -0.300 e. The third kappa shape index (κ3) is 3.21. The minimum absolute atomic E-state index is 0.935. The van der Waals surface area contributed by atoms with Crippen LogP contribution >= 0.6 is 0 Å². The summed E-state index contributed by atoms with van der Waals surface area (Å²) in [5.41, 5.74) is 0. The van der Waals surface area contributed by atoms with Crippen LogP contribution in [0.1, 0.15) is 64.7 Å². The molecule has 1 heteroatoms. The van der Waals surface area contributed by atoms with E-state index in [-0.39, 0.29) is 0 Å². The highest BCUT2D eigenvalue weighted by Gasteiger charge is 2.24. The van der Waals surface area contributed by atoms with Crippen LogP contribution in [0.5, 0.6) is 0 Å². The van der Waals surface area contributed by atoms with Crippen LogP contribution in [0.15, 0.2) is 0 Å². The van der Waals surface area contributed by atoms with Crippen molar-refractivity contribution < 1.29 is 0 Å². The Morgan fingerprint density at radius 1 is 0.867 bits per heavy atom. The van der Waals surface area contributed by atoms with Crippen LogP contribution in [-0.2, 0) is 0 Å². The smallest absolute Gasteiger partial charge is 0.00952 e. The maximum Gasteiger partial charge on any atom is 0.00952 e. The molecule has 0 heterocycles. The molecular formula is C14H27N. The normalized spacial score (nSPS) is 25.2. The van der Waals surface area contributed by atoms with Crippen molar-refractivity contribution in [3.05, 3.63) is 0 Å². The second-order valence-electron chi connectivity index (χ2n) is 5.53. The Hall–Kier alpha value is -0.0400. The quantitative estimate of drug-likeness (QED) is 0.680. The van der Waals surface area contributed by atoms with Crippen LogP contribution in [0.25, 0.3) is 0 Å². The van der Waals surface area contributed by atoms with Crippen molar-refractivity contribution >= 4 is 0 Å². The molecule has 2 aliphatic carbocycles. The predicted molar refractivity (Wildman–Crippen MR) is 66.1 cm³/mol. The number of hydrogen-bond donors (Lipinski definition) is 0. The van der Waals surface area contributed by atoms with Gasteiger partial charge in [0.25, 0.3) is 0 Å². The maximum absolute atomic E-state index is 2.79. The Morgan fingerprint density at radius 3 is 2.07 bits per heavy atom. The maximum atomic E-state index is 2.79. The fourth-order valence-corrected chi connectivity index (χ4v) is 3.51. The summed E-state index contributed by atoms with van der Waals surface area (Å²) in [7, 11) is 0. The molecule has 0 aromatic carbocycles.